The predicted molar refractivity (Wildman–Crippen MR) is 75.6 cm³/mol. The third-order valence-corrected chi connectivity index (χ3v) is 3.49. The molecule has 0 saturated carbocycles. The van der Waals surface area contributed by atoms with Crippen LogP contribution in [0.4, 0.5) is 0 Å². The Morgan fingerprint density at radius 2 is 1.71 bits per heavy atom. The van der Waals surface area contributed by atoms with Crippen LogP contribution < -0.4 is 5.73 Å². The molecule has 1 aliphatic heterocycles. The van der Waals surface area contributed by atoms with Crippen LogP contribution in [0.2, 0.25) is 0 Å². The van der Waals surface area contributed by atoms with Gasteiger partial charge in [0.2, 0.25) is 5.91 Å². The highest BCUT2D eigenvalue weighted by Gasteiger charge is 2.44. The van der Waals surface area contributed by atoms with Gasteiger partial charge in [0, 0.05) is 0 Å². The van der Waals surface area contributed by atoms with Gasteiger partial charge in [-0.05, 0) is 32.9 Å². The quantitative estimate of drug-likeness (QED) is 0.818. The predicted octanol–water partition coefficient (Wildman–Crippen LogP) is 0.952. The number of benzene rings is 1. The number of nitrogens with two attached hydrogens (primary N) is 1. The molecule has 0 radical (unpaired) electrons. The highest BCUT2D eigenvalue weighted by Crippen LogP contribution is 2.29. The number of hydrogen-bond acceptors (Lipinski definition) is 4. The van der Waals surface area contributed by atoms with E-state index in [2.05, 4.69) is 0 Å². The summed E-state index contributed by atoms with van der Waals surface area (Å²) in [6.45, 7) is 4.98. The number of carbonyl (C=O) groups excluding carboxylic acids is 3. The third kappa shape index (κ3) is 2.67. The number of imide groups is 1. The summed E-state index contributed by atoms with van der Waals surface area (Å²) in [5, 5.41) is 0. The molecule has 6 nitrogen and oxygen atoms in total. The minimum Gasteiger partial charge on any atom is -0.367 e. The Morgan fingerprint density at radius 3 is 2.14 bits per heavy atom. The molecule has 0 fully saturated rings. The van der Waals surface area contributed by atoms with Crippen molar-refractivity contribution in [1.29, 1.82) is 0 Å². The fourth-order valence-corrected chi connectivity index (χ4v) is 2.21. The molecule has 3 amide bonds. The van der Waals surface area contributed by atoms with Gasteiger partial charge in [0.05, 0.1) is 23.3 Å². The summed E-state index contributed by atoms with van der Waals surface area (Å²) < 4.78 is 5.36. The molecule has 1 aromatic rings. The van der Waals surface area contributed by atoms with Crippen molar-refractivity contribution in [2.75, 3.05) is 6.61 Å². The second kappa shape index (κ2) is 5.29. The van der Waals surface area contributed by atoms with Crippen molar-refractivity contribution < 1.29 is 19.1 Å². The molecule has 2 rings (SSSR count). The fourth-order valence-electron chi connectivity index (χ4n) is 2.21. The molecule has 0 bridgehead atoms. The average Bonchev–Trinajstić information content (AvgIpc) is 2.69. The molecule has 0 saturated heterocycles. The van der Waals surface area contributed by atoms with Crippen molar-refractivity contribution >= 4 is 17.7 Å². The molecular formula is C15H18N2O4. The van der Waals surface area contributed by atoms with E-state index in [1.165, 1.54) is 11.8 Å². The summed E-state index contributed by atoms with van der Waals surface area (Å²) in [7, 11) is 0. The first kappa shape index (κ1) is 15.2. The summed E-state index contributed by atoms with van der Waals surface area (Å²) in [6.07, 6.45) is -0.778. The topological polar surface area (TPSA) is 89.7 Å². The summed E-state index contributed by atoms with van der Waals surface area (Å²) in [4.78, 5) is 36.9. The lowest BCUT2D eigenvalue weighted by molar-refractivity contribution is -0.130. The molecule has 0 aliphatic carbocycles. The van der Waals surface area contributed by atoms with Gasteiger partial charge in [0.25, 0.3) is 11.8 Å². The van der Waals surface area contributed by atoms with Gasteiger partial charge in [-0.2, -0.15) is 0 Å². The van der Waals surface area contributed by atoms with Gasteiger partial charge in [-0.3, -0.25) is 19.3 Å². The van der Waals surface area contributed by atoms with Crippen LogP contribution in [0.15, 0.2) is 24.3 Å². The van der Waals surface area contributed by atoms with Gasteiger partial charge < -0.3 is 10.5 Å². The van der Waals surface area contributed by atoms with Gasteiger partial charge in [-0.25, -0.2) is 0 Å². The van der Waals surface area contributed by atoms with E-state index in [0.717, 1.165) is 0 Å². The zero-order valence-corrected chi connectivity index (χ0v) is 12.3. The summed E-state index contributed by atoms with van der Waals surface area (Å²) in [5.74, 6) is -1.29. The number of primary amides is 1. The molecule has 1 aliphatic rings. The summed E-state index contributed by atoms with van der Waals surface area (Å²) in [5.41, 5.74) is 5.03. The number of nitrogens with zero attached hydrogens (tertiary/aromatic N) is 1. The Bertz CT molecular complexity index is 574. The number of amides is 3. The van der Waals surface area contributed by atoms with E-state index >= 15 is 0 Å². The maximum absolute atomic E-state index is 12.4. The first-order chi connectivity index (χ1) is 9.75. The molecule has 0 spiro atoms. The van der Waals surface area contributed by atoms with E-state index in [9.17, 15) is 14.4 Å². The molecule has 1 unspecified atom stereocenters. The molecule has 1 heterocycles. The first-order valence-electron chi connectivity index (χ1n) is 6.64. The van der Waals surface area contributed by atoms with E-state index in [1.54, 1.807) is 38.1 Å². The van der Waals surface area contributed by atoms with Crippen LogP contribution >= 0.6 is 0 Å². The average molecular weight is 290 g/mol. The van der Waals surface area contributed by atoms with Crippen LogP contribution in [0.1, 0.15) is 41.5 Å². The fraction of sp³-hybridized carbons (Fsp3) is 0.400. The van der Waals surface area contributed by atoms with Gasteiger partial charge in [-0.1, -0.05) is 12.1 Å². The Labute approximate surface area is 122 Å². The van der Waals surface area contributed by atoms with Crippen molar-refractivity contribution in [3.8, 4) is 0 Å². The maximum Gasteiger partial charge on any atom is 0.262 e. The van der Waals surface area contributed by atoms with Crippen molar-refractivity contribution in [3.63, 3.8) is 0 Å². The van der Waals surface area contributed by atoms with Crippen LogP contribution in [-0.2, 0) is 9.53 Å². The Kier molecular flexibility index (Phi) is 3.82. The van der Waals surface area contributed by atoms with Gasteiger partial charge in [0.15, 0.2) is 0 Å². The van der Waals surface area contributed by atoms with E-state index in [0.29, 0.717) is 11.1 Å². The summed E-state index contributed by atoms with van der Waals surface area (Å²) in [6, 6.07) is 6.68. The van der Waals surface area contributed by atoms with Crippen molar-refractivity contribution in [2.45, 2.75) is 32.4 Å². The second-order valence-electron chi connectivity index (χ2n) is 5.66. The molecule has 1 aromatic carbocycles. The minimum atomic E-state index is -0.878. The third-order valence-electron chi connectivity index (χ3n) is 3.49. The van der Waals surface area contributed by atoms with Crippen molar-refractivity contribution in [2.24, 2.45) is 5.73 Å². The van der Waals surface area contributed by atoms with Crippen LogP contribution in [0.3, 0.4) is 0 Å². The highest BCUT2D eigenvalue weighted by molar-refractivity contribution is 6.21. The molecular weight excluding hydrogens is 272 g/mol. The SMILES string of the molecule is CC(OCC(C)(C)N1C(=O)c2ccccc2C1=O)C(N)=O. The normalized spacial score (nSPS) is 16.0. The minimum absolute atomic E-state index is 0.0303. The zero-order valence-electron chi connectivity index (χ0n) is 12.3. The number of ether oxygens (including phenoxy) is 1. The lowest BCUT2D eigenvalue weighted by atomic mass is 10.0. The van der Waals surface area contributed by atoms with Crippen LogP contribution in [0, 0.1) is 0 Å². The Balaban J connectivity index is 2.20. The molecule has 112 valence electrons. The molecule has 1 atom stereocenters. The standard InChI is InChI=1S/C15H18N2O4/c1-9(12(16)18)21-8-15(2,3)17-13(19)10-6-4-5-7-11(10)14(17)20/h4-7,9H,8H2,1-3H3,(H2,16,18). The maximum atomic E-state index is 12.4. The van der Waals surface area contributed by atoms with Crippen LogP contribution in [0.25, 0.3) is 0 Å². The van der Waals surface area contributed by atoms with Crippen LogP contribution in [0.5, 0.6) is 0 Å². The molecule has 21 heavy (non-hydrogen) atoms. The Morgan fingerprint density at radius 1 is 1.24 bits per heavy atom. The number of rotatable bonds is 5. The van der Waals surface area contributed by atoms with E-state index in [4.69, 9.17) is 10.5 Å². The van der Waals surface area contributed by atoms with Crippen molar-refractivity contribution in [1.82, 2.24) is 4.90 Å². The van der Waals surface area contributed by atoms with Crippen molar-refractivity contribution in [3.05, 3.63) is 35.4 Å². The van der Waals surface area contributed by atoms with Gasteiger partial charge in [-0.15, -0.1) is 0 Å². The van der Waals surface area contributed by atoms with Gasteiger partial charge in [0.1, 0.15) is 6.10 Å². The number of hydrogen-bond donors (Lipinski definition) is 1. The zero-order chi connectivity index (χ0) is 15.8. The molecule has 2 N–H and O–H groups in total. The molecule has 0 aromatic heterocycles. The van der Waals surface area contributed by atoms with E-state index < -0.39 is 17.6 Å². The highest BCUT2D eigenvalue weighted by atomic mass is 16.5. The first-order valence-corrected chi connectivity index (χ1v) is 6.64. The number of fused-ring (bicyclic) bond motifs is 1. The lowest BCUT2D eigenvalue weighted by Crippen LogP contribution is -2.51. The summed E-state index contributed by atoms with van der Waals surface area (Å²) >= 11 is 0. The van der Waals surface area contributed by atoms with Crippen LogP contribution in [-0.4, -0.2) is 40.9 Å². The molecule has 6 heteroatoms. The Hall–Kier alpha value is -2.21. The van der Waals surface area contributed by atoms with Gasteiger partial charge >= 0.3 is 0 Å². The largest absolute Gasteiger partial charge is 0.367 e. The monoisotopic (exact) mass is 290 g/mol. The second-order valence-corrected chi connectivity index (χ2v) is 5.66. The smallest absolute Gasteiger partial charge is 0.262 e. The number of carbonyl (C=O) groups is 3. The van der Waals surface area contributed by atoms with E-state index in [-0.39, 0.29) is 18.4 Å². The lowest BCUT2D eigenvalue weighted by Gasteiger charge is -2.34. The van der Waals surface area contributed by atoms with E-state index in [1.807, 2.05) is 0 Å².